The number of anilines is 1. The number of carbonyl (C=O) groups is 1. The van der Waals surface area contributed by atoms with Gasteiger partial charge in [-0.15, -0.1) is 0 Å². The van der Waals surface area contributed by atoms with E-state index in [1.807, 2.05) is 12.1 Å². The molecule has 0 saturated heterocycles. The molecule has 2 aromatic rings. The molecule has 3 heteroatoms. The first-order valence-electron chi connectivity index (χ1n) is 7.30. The van der Waals surface area contributed by atoms with Gasteiger partial charge in [0.25, 0.3) is 0 Å². The largest absolute Gasteiger partial charge is 0.326 e. The average molecular weight is 280 g/mol. The second kappa shape index (κ2) is 5.34. The molecule has 0 bridgehead atoms. The standard InChI is InChI=1S/C18H20N2O/c1-11-3-4-14(9-12(11)2)18(19)15-5-7-16-13(10-15)6-8-17(21)20-16/h3-5,7,9-10,18H,6,8,19H2,1-2H3,(H,20,21). The quantitative estimate of drug-likeness (QED) is 0.887. The Morgan fingerprint density at radius 3 is 2.48 bits per heavy atom. The normalized spacial score (nSPS) is 15.3. The summed E-state index contributed by atoms with van der Waals surface area (Å²) in [6, 6.07) is 12.3. The molecule has 0 radical (unpaired) electrons. The minimum absolute atomic E-state index is 0.0914. The maximum absolute atomic E-state index is 11.4. The Labute approximate surface area is 125 Å². The smallest absolute Gasteiger partial charge is 0.224 e. The van der Waals surface area contributed by atoms with Crippen LogP contribution in [-0.2, 0) is 11.2 Å². The highest BCUT2D eigenvalue weighted by molar-refractivity contribution is 5.93. The highest BCUT2D eigenvalue weighted by Gasteiger charge is 2.17. The molecule has 1 unspecified atom stereocenters. The van der Waals surface area contributed by atoms with Gasteiger partial charge in [-0.25, -0.2) is 0 Å². The van der Waals surface area contributed by atoms with Crippen LogP contribution in [-0.4, -0.2) is 5.91 Å². The summed E-state index contributed by atoms with van der Waals surface area (Å²) in [5.74, 6) is 0.0914. The average Bonchev–Trinajstić information content (AvgIpc) is 2.49. The van der Waals surface area contributed by atoms with Crippen molar-refractivity contribution in [3.63, 3.8) is 0 Å². The van der Waals surface area contributed by atoms with Crippen LogP contribution in [0, 0.1) is 13.8 Å². The molecule has 3 N–H and O–H groups in total. The molecule has 0 aliphatic carbocycles. The summed E-state index contributed by atoms with van der Waals surface area (Å²) in [5.41, 5.74) is 13.2. The summed E-state index contributed by atoms with van der Waals surface area (Å²) < 4.78 is 0. The second-order valence-electron chi connectivity index (χ2n) is 5.79. The van der Waals surface area contributed by atoms with E-state index in [9.17, 15) is 4.79 Å². The van der Waals surface area contributed by atoms with Crippen molar-refractivity contribution in [3.05, 3.63) is 64.2 Å². The van der Waals surface area contributed by atoms with Crippen LogP contribution in [0.4, 0.5) is 5.69 Å². The van der Waals surface area contributed by atoms with Gasteiger partial charge in [-0.2, -0.15) is 0 Å². The van der Waals surface area contributed by atoms with Crippen LogP contribution in [0.2, 0.25) is 0 Å². The van der Waals surface area contributed by atoms with Crippen molar-refractivity contribution in [3.8, 4) is 0 Å². The molecule has 0 saturated carbocycles. The second-order valence-corrected chi connectivity index (χ2v) is 5.79. The molecule has 1 amide bonds. The molecule has 0 spiro atoms. The number of aryl methyl sites for hydroxylation is 3. The lowest BCUT2D eigenvalue weighted by molar-refractivity contribution is -0.116. The molecule has 21 heavy (non-hydrogen) atoms. The van der Waals surface area contributed by atoms with Gasteiger partial charge in [0, 0.05) is 12.1 Å². The van der Waals surface area contributed by atoms with E-state index in [0.29, 0.717) is 6.42 Å². The predicted molar refractivity (Wildman–Crippen MR) is 85.3 cm³/mol. The maximum Gasteiger partial charge on any atom is 0.224 e. The summed E-state index contributed by atoms with van der Waals surface area (Å²) in [6.45, 7) is 4.21. The number of nitrogens with two attached hydrogens (primary N) is 1. The summed E-state index contributed by atoms with van der Waals surface area (Å²) in [7, 11) is 0. The Kier molecular flexibility index (Phi) is 3.52. The van der Waals surface area contributed by atoms with E-state index in [4.69, 9.17) is 5.73 Å². The van der Waals surface area contributed by atoms with Crippen LogP contribution >= 0.6 is 0 Å². The molecule has 1 heterocycles. The Hall–Kier alpha value is -2.13. The molecule has 1 aliphatic rings. The molecule has 0 fully saturated rings. The van der Waals surface area contributed by atoms with Crippen molar-refractivity contribution < 1.29 is 4.79 Å². The van der Waals surface area contributed by atoms with E-state index >= 15 is 0 Å². The topological polar surface area (TPSA) is 55.1 Å². The predicted octanol–water partition coefficient (Wildman–Crippen LogP) is 3.24. The van der Waals surface area contributed by atoms with Gasteiger partial charge in [0.05, 0.1) is 6.04 Å². The van der Waals surface area contributed by atoms with E-state index in [0.717, 1.165) is 23.2 Å². The van der Waals surface area contributed by atoms with Gasteiger partial charge in [0.2, 0.25) is 5.91 Å². The van der Waals surface area contributed by atoms with Gasteiger partial charge in [-0.05, 0) is 54.2 Å². The lowest BCUT2D eigenvalue weighted by atomic mass is 9.93. The first-order chi connectivity index (χ1) is 10.0. The van der Waals surface area contributed by atoms with Crippen LogP contribution < -0.4 is 11.1 Å². The van der Waals surface area contributed by atoms with Gasteiger partial charge in [0.1, 0.15) is 0 Å². The number of amides is 1. The molecule has 3 rings (SSSR count). The third-order valence-electron chi connectivity index (χ3n) is 4.27. The third-order valence-corrected chi connectivity index (χ3v) is 4.27. The summed E-state index contributed by atoms with van der Waals surface area (Å²) in [6.07, 6.45) is 1.34. The summed E-state index contributed by atoms with van der Waals surface area (Å²) in [5, 5.41) is 2.90. The van der Waals surface area contributed by atoms with Crippen LogP contribution in [0.1, 0.15) is 40.3 Å². The van der Waals surface area contributed by atoms with Gasteiger partial charge in [-0.1, -0.05) is 30.3 Å². The van der Waals surface area contributed by atoms with Gasteiger partial charge in [-0.3, -0.25) is 4.79 Å². The van der Waals surface area contributed by atoms with E-state index < -0.39 is 0 Å². The van der Waals surface area contributed by atoms with Crippen molar-refractivity contribution in [2.75, 3.05) is 5.32 Å². The number of hydrogen-bond acceptors (Lipinski definition) is 2. The summed E-state index contributed by atoms with van der Waals surface area (Å²) >= 11 is 0. The van der Waals surface area contributed by atoms with Crippen molar-refractivity contribution in [2.24, 2.45) is 5.73 Å². The summed E-state index contributed by atoms with van der Waals surface area (Å²) in [4.78, 5) is 11.4. The molecule has 1 atom stereocenters. The minimum Gasteiger partial charge on any atom is -0.326 e. The zero-order chi connectivity index (χ0) is 15.0. The molecular weight excluding hydrogens is 260 g/mol. The highest BCUT2D eigenvalue weighted by atomic mass is 16.1. The van der Waals surface area contributed by atoms with E-state index in [2.05, 4.69) is 43.4 Å². The number of fused-ring (bicyclic) bond motifs is 1. The maximum atomic E-state index is 11.4. The number of carbonyl (C=O) groups excluding carboxylic acids is 1. The molecular formula is C18H20N2O. The third kappa shape index (κ3) is 2.69. The molecule has 3 nitrogen and oxygen atoms in total. The van der Waals surface area contributed by atoms with Crippen LogP contribution in [0.3, 0.4) is 0 Å². The molecule has 108 valence electrons. The number of nitrogens with one attached hydrogen (secondary N) is 1. The van der Waals surface area contributed by atoms with E-state index in [1.165, 1.54) is 16.7 Å². The first-order valence-corrected chi connectivity index (χ1v) is 7.30. The zero-order valence-electron chi connectivity index (χ0n) is 12.4. The van der Waals surface area contributed by atoms with Crippen LogP contribution in [0.25, 0.3) is 0 Å². The van der Waals surface area contributed by atoms with Crippen LogP contribution in [0.15, 0.2) is 36.4 Å². The van der Waals surface area contributed by atoms with Gasteiger partial charge >= 0.3 is 0 Å². The fraction of sp³-hybridized carbons (Fsp3) is 0.278. The Morgan fingerprint density at radius 1 is 1.00 bits per heavy atom. The first kappa shape index (κ1) is 13.8. The van der Waals surface area contributed by atoms with E-state index in [1.54, 1.807) is 0 Å². The van der Waals surface area contributed by atoms with Gasteiger partial charge < -0.3 is 11.1 Å². The molecule has 2 aromatic carbocycles. The van der Waals surface area contributed by atoms with Crippen molar-refractivity contribution in [1.29, 1.82) is 0 Å². The highest BCUT2D eigenvalue weighted by Crippen LogP contribution is 2.28. The van der Waals surface area contributed by atoms with Gasteiger partial charge in [0.15, 0.2) is 0 Å². The van der Waals surface area contributed by atoms with E-state index in [-0.39, 0.29) is 11.9 Å². The van der Waals surface area contributed by atoms with Crippen molar-refractivity contribution in [2.45, 2.75) is 32.7 Å². The monoisotopic (exact) mass is 280 g/mol. The lowest BCUT2D eigenvalue weighted by Gasteiger charge is -2.20. The lowest BCUT2D eigenvalue weighted by Crippen LogP contribution is -2.20. The number of rotatable bonds is 2. The van der Waals surface area contributed by atoms with Crippen molar-refractivity contribution in [1.82, 2.24) is 0 Å². The van der Waals surface area contributed by atoms with Crippen molar-refractivity contribution >= 4 is 11.6 Å². The fourth-order valence-electron chi connectivity index (χ4n) is 2.75. The SMILES string of the molecule is Cc1ccc(C(N)c2ccc3c(c2)CCC(=O)N3)cc1C. The number of benzene rings is 2. The zero-order valence-corrected chi connectivity index (χ0v) is 12.4. The Morgan fingerprint density at radius 2 is 1.71 bits per heavy atom. The Bertz CT molecular complexity index is 706. The Balaban J connectivity index is 1.93. The number of hydrogen-bond donors (Lipinski definition) is 2. The fourth-order valence-corrected chi connectivity index (χ4v) is 2.75. The van der Waals surface area contributed by atoms with Crippen LogP contribution in [0.5, 0.6) is 0 Å². The minimum atomic E-state index is -0.132. The molecule has 1 aliphatic heterocycles. The molecule has 0 aromatic heterocycles.